The third-order valence-electron chi connectivity index (χ3n) is 3.93. The van der Waals surface area contributed by atoms with Crippen molar-refractivity contribution in [3.63, 3.8) is 0 Å². The van der Waals surface area contributed by atoms with Gasteiger partial charge in [0.2, 0.25) is 11.8 Å². The Morgan fingerprint density at radius 3 is 1.82 bits per heavy atom. The maximum Gasteiger partial charge on any atom is 0.412 e. The molecule has 2 aromatic carbocycles. The highest BCUT2D eigenvalue weighted by atomic mass is 16.6. The average molecular weight is 456 g/mol. The summed E-state index contributed by atoms with van der Waals surface area (Å²) in [7, 11) is 1.45. The molecule has 0 unspecified atom stereocenters. The molecule has 0 aliphatic rings. The summed E-state index contributed by atoms with van der Waals surface area (Å²) in [6.45, 7) is 7.89. The maximum atomic E-state index is 12.9. The number of nitrogens with one attached hydrogen (secondary N) is 4. The van der Waals surface area contributed by atoms with E-state index in [-0.39, 0.29) is 17.4 Å². The van der Waals surface area contributed by atoms with Crippen LogP contribution in [0.1, 0.15) is 45.0 Å². The van der Waals surface area contributed by atoms with Crippen molar-refractivity contribution in [2.45, 2.75) is 40.2 Å². The lowest BCUT2D eigenvalue weighted by atomic mass is 10.1. The summed E-state index contributed by atoms with van der Waals surface area (Å²) in [5.74, 6) is -0.773. The first-order valence-corrected chi connectivity index (χ1v) is 10.1. The summed E-state index contributed by atoms with van der Waals surface area (Å²) in [6.07, 6.45) is -0.674. The molecule has 33 heavy (non-hydrogen) atoms. The van der Waals surface area contributed by atoms with Gasteiger partial charge < -0.3 is 25.4 Å². The first kappa shape index (κ1) is 25.2. The van der Waals surface area contributed by atoms with Crippen molar-refractivity contribution >= 4 is 46.6 Å². The van der Waals surface area contributed by atoms with Gasteiger partial charge in [-0.3, -0.25) is 19.7 Å². The molecule has 0 spiro atoms. The zero-order valence-electron chi connectivity index (χ0n) is 19.4. The van der Waals surface area contributed by atoms with Crippen LogP contribution in [0.2, 0.25) is 0 Å². The third-order valence-corrected chi connectivity index (χ3v) is 3.93. The standard InChI is InChI=1S/C23H28N4O6/c1-13(28)24-17-9-15(10-18(11-17)25-14(2)29)21(30)26-16-7-8-20(32-6)19(12-16)27-22(31)33-23(3,4)5/h7-12H,1-6H3,(H,24,28)(H,25,29)(H,26,30)(H,27,31). The molecule has 0 aliphatic carbocycles. The van der Waals surface area contributed by atoms with Crippen LogP contribution in [0.25, 0.3) is 0 Å². The minimum Gasteiger partial charge on any atom is -0.495 e. The maximum absolute atomic E-state index is 12.9. The molecule has 0 fully saturated rings. The Morgan fingerprint density at radius 2 is 1.33 bits per heavy atom. The van der Waals surface area contributed by atoms with Crippen molar-refractivity contribution in [2.75, 3.05) is 28.4 Å². The molecule has 0 radical (unpaired) electrons. The molecule has 2 rings (SSSR count). The molecular weight excluding hydrogens is 428 g/mol. The Labute approximate surface area is 192 Å². The quantitative estimate of drug-likeness (QED) is 0.514. The summed E-state index contributed by atoms with van der Waals surface area (Å²) in [5, 5.41) is 10.5. The minimum atomic E-state index is -0.687. The van der Waals surface area contributed by atoms with Crippen LogP contribution >= 0.6 is 0 Å². The lowest BCUT2D eigenvalue weighted by molar-refractivity contribution is -0.115. The van der Waals surface area contributed by atoms with E-state index >= 15 is 0 Å². The van der Waals surface area contributed by atoms with Gasteiger partial charge in [0.05, 0.1) is 12.8 Å². The van der Waals surface area contributed by atoms with Crippen molar-refractivity contribution in [3.05, 3.63) is 42.0 Å². The minimum absolute atomic E-state index is 0.197. The molecular formula is C23H28N4O6. The van der Waals surface area contributed by atoms with E-state index < -0.39 is 17.6 Å². The van der Waals surface area contributed by atoms with Gasteiger partial charge in [-0.15, -0.1) is 0 Å². The van der Waals surface area contributed by atoms with Gasteiger partial charge in [-0.2, -0.15) is 0 Å². The molecule has 4 amide bonds. The van der Waals surface area contributed by atoms with Crippen LogP contribution < -0.4 is 26.0 Å². The topological polar surface area (TPSA) is 135 Å². The van der Waals surface area contributed by atoms with E-state index in [1.54, 1.807) is 32.9 Å². The molecule has 10 heteroatoms. The zero-order chi connectivity index (χ0) is 24.8. The monoisotopic (exact) mass is 456 g/mol. The normalized spacial score (nSPS) is 10.6. The highest BCUT2D eigenvalue weighted by molar-refractivity contribution is 6.07. The number of rotatable bonds is 6. The van der Waals surface area contributed by atoms with Gasteiger partial charge in [0.25, 0.3) is 5.91 Å². The number of amides is 4. The van der Waals surface area contributed by atoms with Crippen LogP contribution in [0.3, 0.4) is 0 Å². The van der Waals surface area contributed by atoms with Gasteiger partial charge in [-0.25, -0.2) is 4.79 Å². The van der Waals surface area contributed by atoms with Gasteiger partial charge in [-0.1, -0.05) is 0 Å². The second-order valence-corrected chi connectivity index (χ2v) is 8.16. The van der Waals surface area contributed by atoms with E-state index in [1.165, 1.54) is 45.2 Å². The Morgan fingerprint density at radius 1 is 0.758 bits per heavy atom. The lowest BCUT2D eigenvalue weighted by Gasteiger charge is -2.20. The summed E-state index contributed by atoms with van der Waals surface area (Å²) in [4.78, 5) is 47.9. The Balaban J connectivity index is 2.29. The van der Waals surface area contributed by atoms with Crippen molar-refractivity contribution < 1.29 is 28.7 Å². The Kier molecular flexibility index (Phi) is 8.00. The smallest absolute Gasteiger partial charge is 0.412 e. The van der Waals surface area contributed by atoms with E-state index in [2.05, 4.69) is 21.3 Å². The second kappa shape index (κ2) is 10.5. The molecule has 4 N–H and O–H groups in total. The first-order chi connectivity index (χ1) is 15.4. The predicted molar refractivity (Wildman–Crippen MR) is 126 cm³/mol. The van der Waals surface area contributed by atoms with E-state index in [1.807, 2.05) is 0 Å². The van der Waals surface area contributed by atoms with Gasteiger partial charge in [-0.05, 0) is 57.2 Å². The largest absolute Gasteiger partial charge is 0.495 e. The van der Waals surface area contributed by atoms with Crippen LogP contribution in [-0.2, 0) is 14.3 Å². The van der Waals surface area contributed by atoms with Crippen molar-refractivity contribution in [2.24, 2.45) is 0 Å². The molecule has 0 aromatic heterocycles. The summed E-state index contributed by atoms with van der Waals surface area (Å²) >= 11 is 0. The van der Waals surface area contributed by atoms with E-state index in [9.17, 15) is 19.2 Å². The van der Waals surface area contributed by atoms with E-state index in [4.69, 9.17) is 9.47 Å². The molecule has 0 saturated carbocycles. The number of benzene rings is 2. The molecule has 176 valence electrons. The molecule has 0 aliphatic heterocycles. The summed E-state index contributed by atoms with van der Waals surface area (Å²) in [6, 6.07) is 9.20. The van der Waals surface area contributed by atoms with Crippen molar-refractivity contribution in [1.82, 2.24) is 0 Å². The number of methoxy groups -OCH3 is 1. The van der Waals surface area contributed by atoms with Crippen LogP contribution in [0.15, 0.2) is 36.4 Å². The average Bonchev–Trinajstić information content (AvgIpc) is 2.65. The summed E-state index contributed by atoms with van der Waals surface area (Å²) < 4.78 is 10.5. The van der Waals surface area contributed by atoms with Crippen LogP contribution in [-0.4, -0.2) is 36.5 Å². The number of carbonyl (C=O) groups is 4. The number of carbonyl (C=O) groups excluding carboxylic acids is 4. The van der Waals surface area contributed by atoms with E-state index in [0.717, 1.165) is 0 Å². The van der Waals surface area contributed by atoms with Crippen molar-refractivity contribution in [1.29, 1.82) is 0 Å². The Bertz CT molecular complexity index is 1040. The van der Waals surface area contributed by atoms with Crippen LogP contribution in [0.4, 0.5) is 27.5 Å². The van der Waals surface area contributed by atoms with Gasteiger partial charge in [0.1, 0.15) is 11.4 Å². The SMILES string of the molecule is COc1ccc(NC(=O)c2cc(NC(C)=O)cc(NC(C)=O)c2)cc1NC(=O)OC(C)(C)C. The van der Waals surface area contributed by atoms with Gasteiger partial charge in [0.15, 0.2) is 0 Å². The second-order valence-electron chi connectivity index (χ2n) is 8.16. The lowest BCUT2D eigenvalue weighted by Crippen LogP contribution is -2.27. The third kappa shape index (κ3) is 8.17. The fourth-order valence-electron chi connectivity index (χ4n) is 2.81. The highest BCUT2D eigenvalue weighted by Gasteiger charge is 2.18. The molecule has 2 aromatic rings. The van der Waals surface area contributed by atoms with Gasteiger partial charge >= 0.3 is 6.09 Å². The Hall–Kier alpha value is -4.08. The highest BCUT2D eigenvalue weighted by Crippen LogP contribution is 2.29. The van der Waals surface area contributed by atoms with E-state index in [0.29, 0.717) is 28.5 Å². The van der Waals surface area contributed by atoms with Gasteiger partial charge in [0, 0.05) is 36.5 Å². The molecule has 0 saturated heterocycles. The number of anilines is 4. The molecule has 0 atom stereocenters. The number of hydrogen-bond donors (Lipinski definition) is 4. The summed E-state index contributed by atoms with van der Waals surface area (Å²) in [5.41, 5.74) is 0.880. The first-order valence-electron chi connectivity index (χ1n) is 10.1. The molecule has 10 nitrogen and oxygen atoms in total. The molecule has 0 bridgehead atoms. The van der Waals surface area contributed by atoms with Crippen LogP contribution in [0.5, 0.6) is 5.75 Å². The van der Waals surface area contributed by atoms with Crippen molar-refractivity contribution in [3.8, 4) is 5.75 Å². The fraction of sp³-hybridized carbons (Fsp3) is 0.304. The number of hydrogen-bond acceptors (Lipinski definition) is 6. The number of ether oxygens (including phenoxy) is 2. The zero-order valence-corrected chi connectivity index (χ0v) is 19.4. The predicted octanol–water partition coefficient (Wildman–Crippen LogP) is 4.21. The fourth-order valence-corrected chi connectivity index (χ4v) is 2.81. The van der Waals surface area contributed by atoms with Crippen LogP contribution in [0, 0.1) is 0 Å². The molecule has 0 heterocycles.